The first-order valence-corrected chi connectivity index (χ1v) is 9.84. The van der Waals surface area contributed by atoms with Crippen molar-refractivity contribution in [3.05, 3.63) is 69.8 Å². The largest absolute Gasteiger partial charge is 0.463 e. The van der Waals surface area contributed by atoms with Crippen LogP contribution in [0, 0.1) is 13.8 Å². The summed E-state index contributed by atoms with van der Waals surface area (Å²) in [5, 5.41) is 13.6. The van der Waals surface area contributed by atoms with E-state index < -0.39 is 11.7 Å². The van der Waals surface area contributed by atoms with E-state index in [-0.39, 0.29) is 24.4 Å². The van der Waals surface area contributed by atoms with Gasteiger partial charge in [-0.1, -0.05) is 30.3 Å². The van der Waals surface area contributed by atoms with Crippen LogP contribution in [-0.2, 0) is 11.2 Å². The first kappa shape index (κ1) is 19.9. The molecule has 0 fully saturated rings. The van der Waals surface area contributed by atoms with Gasteiger partial charge in [0, 0.05) is 17.5 Å². The van der Waals surface area contributed by atoms with E-state index in [1.807, 2.05) is 43.3 Å². The molecule has 4 rings (SSSR count). The standard InChI is InChI=1S/C24H23NO5/c1-13-9-19-22(23-21(13)18(12-29-23)16-7-5-4-6-8-16)15(3)17(24(28)30-19)10-20(27)25-11-14(2)26/h4-9,12,14,26H,10-11H2,1-3H3,(H,25,27)/t14-/m1/s1. The third-order valence-corrected chi connectivity index (χ3v) is 5.30. The van der Waals surface area contributed by atoms with Crippen LogP contribution in [-0.4, -0.2) is 23.7 Å². The monoisotopic (exact) mass is 405 g/mol. The van der Waals surface area contributed by atoms with Gasteiger partial charge in [0.05, 0.1) is 29.7 Å². The fourth-order valence-electron chi connectivity index (χ4n) is 3.81. The Labute approximate surface area is 173 Å². The number of aliphatic hydroxyl groups is 1. The zero-order valence-corrected chi connectivity index (χ0v) is 17.1. The molecule has 0 radical (unpaired) electrons. The number of nitrogens with one attached hydrogen (secondary N) is 1. The van der Waals surface area contributed by atoms with Crippen molar-refractivity contribution in [2.45, 2.75) is 33.3 Å². The number of carbonyl (C=O) groups excluding carboxylic acids is 1. The van der Waals surface area contributed by atoms with Gasteiger partial charge in [-0.25, -0.2) is 4.79 Å². The highest BCUT2D eigenvalue weighted by Crippen LogP contribution is 2.38. The number of benzene rings is 2. The molecule has 2 aromatic carbocycles. The van der Waals surface area contributed by atoms with Gasteiger partial charge in [0.1, 0.15) is 11.2 Å². The summed E-state index contributed by atoms with van der Waals surface area (Å²) in [5.74, 6) is -0.349. The summed E-state index contributed by atoms with van der Waals surface area (Å²) in [4.78, 5) is 24.8. The molecule has 154 valence electrons. The minimum absolute atomic E-state index is 0.124. The van der Waals surface area contributed by atoms with Gasteiger partial charge in [0.15, 0.2) is 0 Å². The van der Waals surface area contributed by atoms with E-state index in [0.717, 1.165) is 22.1 Å². The molecule has 0 saturated carbocycles. The van der Waals surface area contributed by atoms with Crippen molar-refractivity contribution in [2.24, 2.45) is 0 Å². The Morgan fingerprint density at radius 2 is 1.90 bits per heavy atom. The molecular formula is C24H23NO5. The lowest BCUT2D eigenvalue weighted by molar-refractivity contribution is -0.120. The molecule has 1 atom stereocenters. The molecular weight excluding hydrogens is 382 g/mol. The van der Waals surface area contributed by atoms with Gasteiger partial charge >= 0.3 is 5.63 Å². The molecule has 0 aliphatic rings. The van der Waals surface area contributed by atoms with Crippen LogP contribution in [0.5, 0.6) is 0 Å². The molecule has 4 aromatic rings. The highest BCUT2D eigenvalue weighted by molar-refractivity contribution is 6.11. The summed E-state index contributed by atoms with van der Waals surface area (Å²) >= 11 is 0. The zero-order chi connectivity index (χ0) is 21.4. The topological polar surface area (TPSA) is 92.7 Å². The first-order valence-electron chi connectivity index (χ1n) is 9.84. The van der Waals surface area contributed by atoms with Gasteiger partial charge in [-0.2, -0.15) is 0 Å². The highest BCUT2D eigenvalue weighted by Gasteiger charge is 2.21. The second kappa shape index (κ2) is 7.80. The molecule has 2 N–H and O–H groups in total. The Balaban J connectivity index is 1.88. The van der Waals surface area contributed by atoms with Crippen LogP contribution in [0.2, 0.25) is 0 Å². The Morgan fingerprint density at radius 3 is 2.60 bits per heavy atom. The Kier molecular flexibility index (Phi) is 5.18. The number of furan rings is 1. The van der Waals surface area contributed by atoms with E-state index in [1.165, 1.54) is 0 Å². The number of hydrogen-bond donors (Lipinski definition) is 2. The fourth-order valence-corrected chi connectivity index (χ4v) is 3.81. The molecule has 2 aromatic heterocycles. The quantitative estimate of drug-likeness (QED) is 0.492. The third kappa shape index (κ3) is 3.50. The summed E-state index contributed by atoms with van der Waals surface area (Å²) in [7, 11) is 0. The predicted molar refractivity (Wildman–Crippen MR) is 116 cm³/mol. The number of carbonyl (C=O) groups is 1. The van der Waals surface area contributed by atoms with E-state index in [0.29, 0.717) is 22.1 Å². The van der Waals surface area contributed by atoms with Gasteiger partial charge in [-0.05, 0) is 43.5 Å². The van der Waals surface area contributed by atoms with Crippen molar-refractivity contribution in [2.75, 3.05) is 6.54 Å². The molecule has 1 amide bonds. The summed E-state index contributed by atoms with van der Waals surface area (Å²) in [5.41, 5.74) is 4.41. The maximum atomic E-state index is 12.6. The number of amides is 1. The number of aryl methyl sites for hydroxylation is 2. The molecule has 2 heterocycles. The summed E-state index contributed by atoms with van der Waals surface area (Å²) < 4.78 is 11.5. The van der Waals surface area contributed by atoms with Gasteiger partial charge in [-0.3, -0.25) is 4.79 Å². The molecule has 0 saturated heterocycles. The third-order valence-electron chi connectivity index (χ3n) is 5.30. The molecule has 0 aliphatic carbocycles. The number of aliphatic hydroxyl groups excluding tert-OH is 1. The van der Waals surface area contributed by atoms with Crippen molar-refractivity contribution in [1.29, 1.82) is 0 Å². The predicted octanol–water partition coefficient (Wildman–Crippen LogP) is 3.86. The van der Waals surface area contributed by atoms with Gasteiger partial charge in [0.25, 0.3) is 0 Å². The van der Waals surface area contributed by atoms with Crippen LogP contribution in [0.25, 0.3) is 33.1 Å². The van der Waals surface area contributed by atoms with E-state index in [9.17, 15) is 14.7 Å². The summed E-state index contributed by atoms with van der Waals surface area (Å²) in [6.07, 6.45) is 0.926. The summed E-state index contributed by atoms with van der Waals surface area (Å²) in [6.45, 7) is 5.46. The number of rotatable bonds is 5. The summed E-state index contributed by atoms with van der Waals surface area (Å²) in [6, 6.07) is 11.8. The molecule has 6 nitrogen and oxygen atoms in total. The van der Waals surface area contributed by atoms with Crippen LogP contribution in [0.4, 0.5) is 0 Å². The van der Waals surface area contributed by atoms with Crippen molar-refractivity contribution < 1.29 is 18.7 Å². The second-order valence-corrected chi connectivity index (χ2v) is 7.61. The average Bonchev–Trinajstić information content (AvgIpc) is 3.15. The minimum atomic E-state index is -0.662. The van der Waals surface area contributed by atoms with Gasteiger partial charge in [-0.15, -0.1) is 0 Å². The SMILES string of the molecule is Cc1cc2oc(=O)c(CC(=O)NC[C@@H](C)O)c(C)c2c2occ(-c3ccccc3)c12. The van der Waals surface area contributed by atoms with E-state index in [1.54, 1.807) is 20.1 Å². The first-order chi connectivity index (χ1) is 14.4. The minimum Gasteiger partial charge on any atom is -0.463 e. The van der Waals surface area contributed by atoms with Gasteiger partial charge < -0.3 is 19.3 Å². The lowest BCUT2D eigenvalue weighted by Gasteiger charge is -2.11. The number of fused-ring (bicyclic) bond motifs is 3. The van der Waals surface area contributed by atoms with Crippen molar-refractivity contribution in [3.8, 4) is 11.1 Å². The maximum Gasteiger partial charge on any atom is 0.340 e. The molecule has 0 spiro atoms. The Hall–Kier alpha value is -3.38. The smallest absolute Gasteiger partial charge is 0.340 e. The maximum absolute atomic E-state index is 12.6. The van der Waals surface area contributed by atoms with E-state index in [2.05, 4.69) is 5.32 Å². The number of hydrogen-bond acceptors (Lipinski definition) is 5. The van der Waals surface area contributed by atoms with Crippen molar-refractivity contribution in [3.63, 3.8) is 0 Å². The van der Waals surface area contributed by atoms with Crippen LogP contribution in [0.1, 0.15) is 23.6 Å². The Morgan fingerprint density at radius 1 is 1.17 bits per heavy atom. The normalized spacial score (nSPS) is 12.4. The van der Waals surface area contributed by atoms with E-state index >= 15 is 0 Å². The lowest BCUT2D eigenvalue weighted by Crippen LogP contribution is -2.33. The van der Waals surface area contributed by atoms with Crippen molar-refractivity contribution >= 4 is 27.8 Å². The van der Waals surface area contributed by atoms with Crippen molar-refractivity contribution in [1.82, 2.24) is 5.32 Å². The average molecular weight is 405 g/mol. The van der Waals surface area contributed by atoms with Crippen LogP contribution in [0.3, 0.4) is 0 Å². The fraction of sp³-hybridized carbons (Fsp3) is 0.250. The molecule has 0 unspecified atom stereocenters. The Bertz CT molecular complexity index is 1300. The molecule has 0 aliphatic heterocycles. The second-order valence-electron chi connectivity index (χ2n) is 7.61. The van der Waals surface area contributed by atoms with Crippen LogP contribution >= 0.6 is 0 Å². The zero-order valence-electron chi connectivity index (χ0n) is 17.1. The van der Waals surface area contributed by atoms with Crippen LogP contribution in [0.15, 0.2) is 56.3 Å². The van der Waals surface area contributed by atoms with Gasteiger partial charge in [0.2, 0.25) is 5.91 Å². The lowest BCUT2D eigenvalue weighted by atomic mass is 9.96. The van der Waals surface area contributed by atoms with Crippen LogP contribution < -0.4 is 10.9 Å². The molecule has 6 heteroatoms. The molecule has 0 bridgehead atoms. The highest BCUT2D eigenvalue weighted by atomic mass is 16.4. The molecule has 30 heavy (non-hydrogen) atoms. The van der Waals surface area contributed by atoms with E-state index in [4.69, 9.17) is 8.83 Å².